The number of anilines is 1. The highest BCUT2D eigenvalue weighted by molar-refractivity contribution is 5.95. The summed E-state index contributed by atoms with van der Waals surface area (Å²) in [6.45, 7) is 4.02. The van der Waals surface area contributed by atoms with E-state index < -0.39 is 11.7 Å². The number of H-pyrrole nitrogens is 2. The predicted molar refractivity (Wildman–Crippen MR) is 100.0 cm³/mol. The van der Waals surface area contributed by atoms with Gasteiger partial charge in [0, 0.05) is 22.7 Å². The molecule has 0 spiro atoms. The van der Waals surface area contributed by atoms with Gasteiger partial charge in [0.25, 0.3) is 0 Å². The van der Waals surface area contributed by atoms with Gasteiger partial charge in [-0.15, -0.1) is 0 Å². The number of para-hydroxylation sites is 1. The van der Waals surface area contributed by atoms with Gasteiger partial charge >= 0.3 is 6.18 Å². The smallest absolute Gasteiger partial charge is 0.359 e. The number of hydrogen-bond donors (Lipinski definition) is 3. The average molecular weight is 368 g/mol. The summed E-state index contributed by atoms with van der Waals surface area (Å²) in [5, 5.41) is 4.26. The Labute approximate surface area is 152 Å². The van der Waals surface area contributed by atoms with Crippen LogP contribution in [0.1, 0.15) is 11.3 Å². The van der Waals surface area contributed by atoms with Crippen molar-refractivity contribution < 1.29 is 13.2 Å². The van der Waals surface area contributed by atoms with Gasteiger partial charge in [0.2, 0.25) is 0 Å². The number of nitrogens with one attached hydrogen (secondary N) is 3. The molecule has 4 aromatic rings. The van der Waals surface area contributed by atoms with Gasteiger partial charge in [-0.3, -0.25) is 0 Å². The van der Waals surface area contributed by atoms with E-state index in [-0.39, 0.29) is 0 Å². The molecule has 0 bridgehead atoms. The van der Waals surface area contributed by atoms with Gasteiger partial charge in [-0.2, -0.15) is 13.2 Å². The zero-order valence-corrected chi connectivity index (χ0v) is 14.1. The van der Waals surface area contributed by atoms with Gasteiger partial charge < -0.3 is 15.3 Å². The van der Waals surface area contributed by atoms with Crippen molar-refractivity contribution in [3.8, 4) is 11.4 Å². The molecule has 0 aliphatic heterocycles. The molecular formula is C20H15F3N4. The summed E-state index contributed by atoms with van der Waals surface area (Å²) in [4.78, 5) is 10.5. The summed E-state index contributed by atoms with van der Waals surface area (Å²) in [5.41, 5.74) is 3.00. The second kappa shape index (κ2) is 6.35. The van der Waals surface area contributed by atoms with Gasteiger partial charge in [-0.05, 0) is 18.2 Å². The number of aromatic nitrogens is 3. The largest absolute Gasteiger partial charge is 0.416 e. The fourth-order valence-corrected chi connectivity index (χ4v) is 2.84. The van der Waals surface area contributed by atoms with Crippen molar-refractivity contribution in [3.05, 3.63) is 78.8 Å². The quantitative estimate of drug-likeness (QED) is 0.435. The van der Waals surface area contributed by atoms with Crippen molar-refractivity contribution in [2.24, 2.45) is 0 Å². The molecule has 0 aliphatic rings. The Morgan fingerprint density at radius 1 is 1.04 bits per heavy atom. The number of halogens is 3. The molecule has 0 amide bonds. The summed E-state index contributed by atoms with van der Waals surface area (Å²) in [7, 11) is 0. The van der Waals surface area contributed by atoms with Crippen LogP contribution in [0.3, 0.4) is 0 Å². The highest BCUT2D eigenvalue weighted by Crippen LogP contribution is 2.31. The van der Waals surface area contributed by atoms with Crippen molar-refractivity contribution in [1.29, 1.82) is 0 Å². The summed E-state index contributed by atoms with van der Waals surface area (Å²) in [6.07, 6.45) is -0.912. The number of fused-ring (bicyclic) bond motifs is 1. The molecule has 2 aromatic heterocycles. The molecule has 27 heavy (non-hydrogen) atoms. The van der Waals surface area contributed by atoms with Crippen LogP contribution in [0, 0.1) is 0 Å². The van der Waals surface area contributed by atoms with Crippen LogP contribution in [0.25, 0.3) is 28.0 Å². The number of rotatable bonds is 4. The molecule has 0 atom stereocenters. The fraction of sp³-hybridized carbons (Fsp3) is 0.0500. The van der Waals surface area contributed by atoms with E-state index in [0.29, 0.717) is 22.8 Å². The molecule has 0 saturated carbocycles. The number of aromatic amines is 2. The van der Waals surface area contributed by atoms with Crippen LogP contribution in [0.2, 0.25) is 0 Å². The number of hydrogen-bond acceptors (Lipinski definition) is 2. The van der Waals surface area contributed by atoms with E-state index in [9.17, 15) is 13.2 Å². The predicted octanol–water partition coefficient (Wildman–Crippen LogP) is 5.66. The van der Waals surface area contributed by atoms with Crippen LogP contribution in [-0.2, 0) is 6.18 Å². The fourth-order valence-electron chi connectivity index (χ4n) is 2.84. The van der Waals surface area contributed by atoms with E-state index in [1.165, 1.54) is 12.1 Å². The van der Waals surface area contributed by atoms with Crippen molar-refractivity contribution in [2.75, 3.05) is 5.32 Å². The van der Waals surface area contributed by atoms with Crippen molar-refractivity contribution >= 4 is 22.3 Å². The van der Waals surface area contributed by atoms with Crippen molar-refractivity contribution in [1.82, 2.24) is 15.0 Å². The molecular weight excluding hydrogens is 353 g/mol. The molecule has 4 rings (SSSR count). The maximum atomic E-state index is 12.7. The molecule has 2 heterocycles. The minimum absolute atomic E-state index is 0.473. The first kappa shape index (κ1) is 17.0. The molecule has 3 N–H and O–H groups in total. The van der Waals surface area contributed by atoms with Gasteiger partial charge in [0.1, 0.15) is 5.82 Å². The highest BCUT2D eigenvalue weighted by Gasteiger charge is 2.30. The van der Waals surface area contributed by atoms with Gasteiger partial charge in [0.15, 0.2) is 0 Å². The molecule has 0 fully saturated rings. The molecule has 136 valence electrons. The molecule has 2 aromatic carbocycles. The van der Waals surface area contributed by atoms with E-state index in [4.69, 9.17) is 0 Å². The Balaban J connectivity index is 1.54. The van der Waals surface area contributed by atoms with Gasteiger partial charge in [0.05, 0.1) is 28.8 Å². The van der Waals surface area contributed by atoms with E-state index in [0.717, 1.165) is 28.7 Å². The van der Waals surface area contributed by atoms with Gasteiger partial charge in [-0.25, -0.2) is 4.98 Å². The number of nitrogens with zero attached hydrogens (tertiary/aromatic N) is 1. The normalized spacial score (nSPS) is 11.7. The first-order valence-electron chi connectivity index (χ1n) is 8.17. The van der Waals surface area contributed by atoms with Crippen LogP contribution in [-0.4, -0.2) is 15.0 Å². The minimum atomic E-state index is -4.36. The average Bonchev–Trinajstić information content (AvgIpc) is 3.29. The van der Waals surface area contributed by atoms with Gasteiger partial charge in [-0.1, -0.05) is 36.9 Å². The number of imidazole rings is 1. The SMILES string of the molecule is C=C(Nc1c[nH]c2ccccc12)c1cnc(-c2ccc(C(F)(F)F)cc2)[nH]1. The van der Waals surface area contributed by atoms with Crippen LogP contribution in [0.5, 0.6) is 0 Å². The first-order chi connectivity index (χ1) is 12.9. The second-order valence-corrected chi connectivity index (χ2v) is 6.07. The lowest BCUT2D eigenvalue weighted by Gasteiger charge is -2.07. The Morgan fingerprint density at radius 2 is 1.78 bits per heavy atom. The van der Waals surface area contributed by atoms with Crippen molar-refractivity contribution in [3.63, 3.8) is 0 Å². The monoisotopic (exact) mass is 368 g/mol. The third-order valence-electron chi connectivity index (χ3n) is 4.26. The van der Waals surface area contributed by atoms with Crippen LogP contribution >= 0.6 is 0 Å². The number of benzene rings is 2. The van der Waals surface area contributed by atoms with Crippen LogP contribution < -0.4 is 5.32 Å². The summed E-state index contributed by atoms with van der Waals surface area (Å²) < 4.78 is 38.0. The lowest BCUT2D eigenvalue weighted by molar-refractivity contribution is -0.137. The molecule has 0 unspecified atom stereocenters. The van der Waals surface area contributed by atoms with Crippen molar-refractivity contribution in [2.45, 2.75) is 6.18 Å². The van der Waals surface area contributed by atoms with E-state index >= 15 is 0 Å². The maximum Gasteiger partial charge on any atom is 0.416 e. The standard InChI is InChI=1S/C20H15F3N4/c1-12(26-18-11-24-16-5-3-2-4-15(16)18)17-10-25-19(27-17)13-6-8-14(9-7-13)20(21,22)23/h2-11,24,26H,1H2,(H,25,27). The Morgan fingerprint density at radius 3 is 2.52 bits per heavy atom. The second-order valence-electron chi connectivity index (χ2n) is 6.07. The molecule has 0 saturated heterocycles. The lowest BCUT2D eigenvalue weighted by Crippen LogP contribution is -2.04. The Bertz CT molecular complexity index is 1100. The maximum absolute atomic E-state index is 12.7. The Hall–Kier alpha value is -3.48. The van der Waals surface area contributed by atoms with E-state index in [2.05, 4.69) is 26.8 Å². The summed E-state index contributed by atoms with van der Waals surface area (Å²) >= 11 is 0. The van der Waals surface area contributed by atoms with Crippen LogP contribution in [0.4, 0.5) is 18.9 Å². The zero-order valence-electron chi connectivity index (χ0n) is 14.1. The topological polar surface area (TPSA) is 56.5 Å². The van der Waals surface area contributed by atoms with E-state index in [1.54, 1.807) is 6.20 Å². The van der Waals surface area contributed by atoms with Crippen LogP contribution in [0.15, 0.2) is 67.5 Å². The molecule has 0 aliphatic carbocycles. The molecule has 7 heteroatoms. The van der Waals surface area contributed by atoms with E-state index in [1.807, 2.05) is 30.5 Å². The lowest BCUT2D eigenvalue weighted by atomic mass is 10.1. The summed E-state index contributed by atoms with van der Waals surface area (Å²) in [5.74, 6) is 0.473. The summed E-state index contributed by atoms with van der Waals surface area (Å²) in [6, 6.07) is 12.7. The zero-order chi connectivity index (χ0) is 19.0. The number of alkyl halides is 3. The molecule has 4 nitrogen and oxygen atoms in total. The first-order valence-corrected chi connectivity index (χ1v) is 8.17. The third-order valence-corrected chi connectivity index (χ3v) is 4.26. The highest BCUT2D eigenvalue weighted by atomic mass is 19.4. The Kier molecular flexibility index (Phi) is 3.99. The molecule has 0 radical (unpaired) electrons. The third kappa shape index (κ3) is 3.31. The minimum Gasteiger partial charge on any atom is -0.359 e.